The van der Waals surface area contributed by atoms with E-state index in [0.29, 0.717) is 0 Å². The summed E-state index contributed by atoms with van der Waals surface area (Å²) in [4.78, 5) is 2.43. The van der Waals surface area contributed by atoms with Crippen LogP contribution in [0.25, 0.3) is 0 Å². The Balaban J connectivity index is 2.29. The van der Waals surface area contributed by atoms with Crippen molar-refractivity contribution in [3.8, 4) is 0 Å². The second kappa shape index (κ2) is 5.87. The van der Waals surface area contributed by atoms with Crippen molar-refractivity contribution in [3.63, 3.8) is 0 Å². The minimum absolute atomic E-state index is 1.10. The summed E-state index contributed by atoms with van der Waals surface area (Å²) in [6.07, 6.45) is 2.46. The Kier molecular flexibility index (Phi) is 4.21. The van der Waals surface area contributed by atoms with Gasteiger partial charge in [-0.25, -0.2) is 0 Å². The highest BCUT2D eigenvalue weighted by Crippen LogP contribution is 2.33. The summed E-state index contributed by atoms with van der Waals surface area (Å²) in [6.45, 7) is 5.53. The summed E-state index contributed by atoms with van der Waals surface area (Å²) in [6, 6.07) is 12.9. The maximum absolute atomic E-state index is 2.43. The van der Waals surface area contributed by atoms with E-state index >= 15 is 0 Å². The second-order valence-electron chi connectivity index (χ2n) is 4.25. The number of para-hydroxylation sites is 1. The standard InChI is InChI=1S/C15H19NS/c1-3-4-11-16(14-8-6-5-7-9-14)15-13(2)10-12-17-15/h5-10,12H,3-4,11H2,1-2H3. The average molecular weight is 245 g/mol. The highest BCUT2D eigenvalue weighted by Gasteiger charge is 2.11. The van der Waals surface area contributed by atoms with Gasteiger partial charge in [0.2, 0.25) is 0 Å². The van der Waals surface area contributed by atoms with E-state index in [2.05, 4.69) is 60.5 Å². The molecule has 0 aliphatic rings. The minimum atomic E-state index is 1.10. The van der Waals surface area contributed by atoms with E-state index in [9.17, 15) is 0 Å². The SMILES string of the molecule is CCCCN(c1ccccc1)c1sccc1C. The number of benzene rings is 1. The Morgan fingerprint density at radius 1 is 1.12 bits per heavy atom. The molecular weight excluding hydrogens is 226 g/mol. The summed E-state index contributed by atoms with van der Waals surface area (Å²) in [5.41, 5.74) is 2.67. The molecule has 0 N–H and O–H groups in total. The van der Waals surface area contributed by atoms with Crippen LogP contribution in [0.5, 0.6) is 0 Å². The van der Waals surface area contributed by atoms with E-state index in [1.54, 1.807) is 0 Å². The number of hydrogen-bond acceptors (Lipinski definition) is 2. The molecule has 90 valence electrons. The highest BCUT2D eigenvalue weighted by molar-refractivity contribution is 7.14. The number of anilines is 2. The number of thiophene rings is 1. The first-order valence-electron chi connectivity index (χ1n) is 6.19. The van der Waals surface area contributed by atoms with Crippen LogP contribution < -0.4 is 4.90 Å². The first-order valence-corrected chi connectivity index (χ1v) is 7.07. The summed E-state index contributed by atoms with van der Waals surface area (Å²) in [5.74, 6) is 0. The van der Waals surface area contributed by atoms with Gasteiger partial charge in [-0.1, -0.05) is 31.5 Å². The normalized spacial score (nSPS) is 10.5. The molecule has 0 amide bonds. The highest BCUT2D eigenvalue weighted by atomic mass is 32.1. The Bertz CT molecular complexity index is 447. The summed E-state index contributed by atoms with van der Waals surface area (Å²) in [5, 5.41) is 3.55. The van der Waals surface area contributed by atoms with Gasteiger partial charge in [-0.05, 0) is 42.5 Å². The molecule has 0 atom stereocenters. The molecule has 1 aromatic carbocycles. The predicted octanol–water partition coefficient (Wildman–Crippen LogP) is 4.99. The largest absolute Gasteiger partial charge is 0.333 e. The van der Waals surface area contributed by atoms with Crippen LogP contribution in [0.4, 0.5) is 10.7 Å². The molecule has 0 spiro atoms. The molecule has 0 unspecified atom stereocenters. The van der Waals surface area contributed by atoms with E-state index in [1.807, 2.05) is 11.3 Å². The van der Waals surface area contributed by atoms with E-state index in [-0.39, 0.29) is 0 Å². The monoisotopic (exact) mass is 245 g/mol. The fourth-order valence-electron chi connectivity index (χ4n) is 1.91. The fraction of sp³-hybridized carbons (Fsp3) is 0.333. The third-order valence-corrected chi connectivity index (χ3v) is 3.92. The van der Waals surface area contributed by atoms with Crippen molar-refractivity contribution < 1.29 is 0 Å². The molecule has 1 nitrogen and oxygen atoms in total. The summed E-state index contributed by atoms with van der Waals surface area (Å²) in [7, 11) is 0. The van der Waals surface area contributed by atoms with Crippen molar-refractivity contribution in [2.75, 3.05) is 11.4 Å². The number of rotatable bonds is 5. The Morgan fingerprint density at radius 2 is 1.88 bits per heavy atom. The predicted molar refractivity (Wildman–Crippen MR) is 77.4 cm³/mol. The fourth-order valence-corrected chi connectivity index (χ4v) is 2.89. The van der Waals surface area contributed by atoms with Crippen molar-refractivity contribution in [2.24, 2.45) is 0 Å². The van der Waals surface area contributed by atoms with Gasteiger partial charge in [0.05, 0.1) is 5.00 Å². The van der Waals surface area contributed by atoms with Crippen LogP contribution in [0.15, 0.2) is 41.8 Å². The number of hydrogen-bond donors (Lipinski definition) is 0. The van der Waals surface area contributed by atoms with Crippen molar-refractivity contribution in [3.05, 3.63) is 47.3 Å². The van der Waals surface area contributed by atoms with Crippen molar-refractivity contribution >= 4 is 22.0 Å². The van der Waals surface area contributed by atoms with E-state index < -0.39 is 0 Å². The molecule has 2 rings (SSSR count). The van der Waals surface area contributed by atoms with Gasteiger partial charge >= 0.3 is 0 Å². The molecule has 17 heavy (non-hydrogen) atoms. The lowest BCUT2D eigenvalue weighted by Gasteiger charge is -2.24. The van der Waals surface area contributed by atoms with Gasteiger partial charge < -0.3 is 4.90 Å². The Labute approximate surface area is 108 Å². The maximum Gasteiger partial charge on any atom is 0.0982 e. The number of unbranched alkanes of at least 4 members (excludes halogenated alkanes) is 1. The van der Waals surface area contributed by atoms with Gasteiger partial charge in [0.15, 0.2) is 0 Å². The number of aryl methyl sites for hydroxylation is 1. The molecule has 0 aliphatic heterocycles. The van der Waals surface area contributed by atoms with Crippen LogP contribution in [0.1, 0.15) is 25.3 Å². The van der Waals surface area contributed by atoms with Crippen LogP contribution in [-0.4, -0.2) is 6.54 Å². The van der Waals surface area contributed by atoms with Crippen LogP contribution >= 0.6 is 11.3 Å². The molecule has 0 aliphatic carbocycles. The van der Waals surface area contributed by atoms with Crippen LogP contribution in [0, 0.1) is 6.92 Å². The lowest BCUT2D eigenvalue weighted by Crippen LogP contribution is -2.17. The summed E-state index contributed by atoms with van der Waals surface area (Å²) >= 11 is 1.83. The lowest BCUT2D eigenvalue weighted by atomic mass is 10.2. The van der Waals surface area contributed by atoms with Crippen molar-refractivity contribution in [2.45, 2.75) is 26.7 Å². The molecule has 0 fully saturated rings. The first kappa shape index (κ1) is 12.2. The quantitative estimate of drug-likeness (QED) is 0.717. The molecular formula is C15H19NS. The van der Waals surface area contributed by atoms with Gasteiger partial charge in [-0.3, -0.25) is 0 Å². The van der Waals surface area contributed by atoms with E-state index in [0.717, 1.165) is 6.54 Å². The van der Waals surface area contributed by atoms with E-state index in [1.165, 1.54) is 29.1 Å². The topological polar surface area (TPSA) is 3.24 Å². The Hall–Kier alpha value is -1.28. The van der Waals surface area contributed by atoms with Gasteiger partial charge in [0.1, 0.15) is 0 Å². The smallest absolute Gasteiger partial charge is 0.0982 e. The zero-order valence-electron chi connectivity index (χ0n) is 10.5. The molecule has 0 saturated heterocycles. The minimum Gasteiger partial charge on any atom is -0.333 e. The zero-order valence-corrected chi connectivity index (χ0v) is 11.3. The third-order valence-electron chi connectivity index (χ3n) is 2.88. The van der Waals surface area contributed by atoms with Gasteiger partial charge in [-0.2, -0.15) is 0 Å². The molecule has 0 bridgehead atoms. The number of nitrogens with zero attached hydrogens (tertiary/aromatic N) is 1. The second-order valence-corrected chi connectivity index (χ2v) is 5.14. The molecule has 0 saturated carbocycles. The molecule has 1 heterocycles. The third kappa shape index (κ3) is 2.89. The van der Waals surface area contributed by atoms with Crippen LogP contribution in [0.3, 0.4) is 0 Å². The molecule has 2 heteroatoms. The average Bonchev–Trinajstić information content (AvgIpc) is 2.78. The molecule has 0 radical (unpaired) electrons. The molecule has 1 aromatic heterocycles. The van der Waals surface area contributed by atoms with Crippen molar-refractivity contribution in [1.29, 1.82) is 0 Å². The van der Waals surface area contributed by atoms with Crippen molar-refractivity contribution in [1.82, 2.24) is 0 Å². The summed E-state index contributed by atoms with van der Waals surface area (Å²) < 4.78 is 0. The van der Waals surface area contributed by atoms with Gasteiger partial charge in [-0.15, -0.1) is 11.3 Å². The van der Waals surface area contributed by atoms with Crippen LogP contribution in [-0.2, 0) is 0 Å². The first-order chi connectivity index (χ1) is 8.33. The van der Waals surface area contributed by atoms with Gasteiger partial charge in [0, 0.05) is 12.2 Å². The molecule has 2 aromatic rings. The Morgan fingerprint density at radius 3 is 2.47 bits per heavy atom. The van der Waals surface area contributed by atoms with Crippen LogP contribution in [0.2, 0.25) is 0 Å². The maximum atomic E-state index is 2.43. The van der Waals surface area contributed by atoms with Gasteiger partial charge in [0.25, 0.3) is 0 Å². The van der Waals surface area contributed by atoms with E-state index in [4.69, 9.17) is 0 Å². The zero-order chi connectivity index (χ0) is 12.1. The lowest BCUT2D eigenvalue weighted by molar-refractivity contribution is 0.788.